The minimum atomic E-state index is 0.0152. The summed E-state index contributed by atoms with van der Waals surface area (Å²) in [6.45, 7) is 2.16. The molecule has 1 aliphatic rings. The maximum Gasteiger partial charge on any atom is 0.253 e. The molecule has 1 fully saturated rings. The molecule has 6 nitrogen and oxygen atoms in total. The number of rotatable bonds is 4. The maximum absolute atomic E-state index is 12.9. The third kappa shape index (κ3) is 3.79. The molecular formula is C22H21N5O. The molecule has 28 heavy (non-hydrogen) atoms. The van der Waals surface area contributed by atoms with E-state index in [0.717, 1.165) is 31.8 Å². The number of hydrogen-bond acceptors (Lipinski definition) is 4. The van der Waals surface area contributed by atoms with E-state index in [-0.39, 0.29) is 11.8 Å². The van der Waals surface area contributed by atoms with Crippen molar-refractivity contribution in [3.05, 3.63) is 83.7 Å². The van der Waals surface area contributed by atoms with Gasteiger partial charge in [0.25, 0.3) is 5.91 Å². The number of hydrogen-bond donors (Lipinski definition) is 0. The van der Waals surface area contributed by atoms with Crippen LogP contribution in [0.15, 0.2) is 61.2 Å². The highest BCUT2D eigenvalue weighted by Gasteiger charge is 2.28. The molecule has 1 aromatic carbocycles. The molecule has 0 radical (unpaired) electrons. The average Bonchev–Trinajstić information content (AvgIpc) is 3.22. The molecule has 1 unspecified atom stereocenters. The molecule has 0 aliphatic carbocycles. The summed E-state index contributed by atoms with van der Waals surface area (Å²) in [6.07, 6.45) is 9.39. The summed E-state index contributed by atoms with van der Waals surface area (Å²) in [5.41, 5.74) is 2.36. The lowest BCUT2D eigenvalue weighted by molar-refractivity contribution is 0.0703. The molecule has 3 aromatic rings. The molecule has 6 heteroatoms. The molecule has 1 aliphatic heterocycles. The molecule has 1 saturated heterocycles. The molecule has 0 N–H and O–H groups in total. The van der Waals surface area contributed by atoms with Crippen molar-refractivity contribution in [2.45, 2.75) is 25.3 Å². The van der Waals surface area contributed by atoms with E-state index in [1.165, 1.54) is 5.56 Å². The molecule has 2 aromatic heterocycles. The monoisotopic (exact) mass is 371 g/mol. The second-order valence-electron chi connectivity index (χ2n) is 7.05. The van der Waals surface area contributed by atoms with Crippen molar-refractivity contribution in [3.8, 4) is 6.07 Å². The van der Waals surface area contributed by atoms with E-state index in [4.69, 9.17) is 5.26 Å². The molecule has 140 valence electrons. The molecule has 1 amide bonds. The van der Waals surface area contributed by atoms with Crippen LogP contribution in [0.1, 0.15) is 46.1 Å². The molecule has 1 atom stereocenters. The zero-order valence-corrected chi connectivity index (χ0v) is 15.5. The van der Waals surface area contributed by atoms with E-state index < -0.39 is 0 Å². The Kier molecular flexibility index (Phi) is 5.16. The first-order valence-corrected chi connectivity index (χ1v) is 9.44. The molecule has 4 rings (SSSR count). The number of carbonyl (C=O) groups is 1. The number of pyridine rings is 1. The van der Waals surface area contributed by atoms with Crippen molar-refractivity contribution in [1.82, 2.24) is 19.4 Å². The lowest BCUT2D eigenvalue weighted by atomic mass is 9.96. The Balaban J connectivity index is 1.49. The molecular weight excluding hydrogens is 350 g/mol. The van der Waals surface area contributed by atoms with Gasteiger partial charge in [0.05, 0.1) is 11.6 Å². The van der Waals surface area contributed by atoms with Gasteiger partial charge in [-0.2, -0.15) is 5.26 Å². The Morgan fingerprint density at radius 2 is 1.93 bits per heavy atom. The van der Waals surface area contributed by atoms with Gasteiger partial charge < -0.3 is 9.47 Å². The Morgan fingerprint density at radius 1 is 1.14 bits per heavy atom. The Morgan fingerprint density at radius 3 is 2.68 bits per heavy atom. The second kappa shape index (κ2) is 8.05. The third-order valence-corrected chi connectivity index (χ3v) is 5.18. The van der Waals surface area contributed by atoms with Crippen molar-refractivity contribution < 1.29 is 4.79 Å². The van der Waals surface area contributed by atoms with Crippen molar-refractivity contribution in [3.63, 3.8) is 0 Å². The normalized spacial score (nSPS) is 16.5. The number of aromatic nitrogens is 3. The van der Waals surface area contributed by atoms with Gasteiger partial charge in [-0.25, -0.2) is 4.98 Å². The van der Waals surface area contributed by atoms with Gasteiger partial charge in [-0.1, -0.05) is 0 Å². The Bertz CT molecular complexity index is 988. The highest BCUT2D eigenvalue weighted by atomic mass is 16.2. The summed E-state index contributed by atoms with van der Waals surface area (Å²) in [5.74, 6) is 1.25. The standard InChI is InChI=1S/C22H21N5O/c23-14-17-3-5-19(6-4-17)22(28)27-12-1-2-20(16-27)21-25-11-13-26(21)15-18-7-9-24-10-8-18/h3-11,13,20H,1-2,12,15-16H2. The highest BCUT2D eigenvalue weighted by Crippen LogP contribution is 2.27. The van der Waals surface area contributed by atoms with E-state index >= 15 is 0 Å². The first-order valence-electron chi connectivity index (χ1n) is 9.44. The zero-order valence-electron chi connectivity index (χ0n) is 15.5. The summed E-state index contributed by atoms with van der Waals surface area (Å²) >= 11 is 0. The molecule has 0 saturated carbocycles. The summed E-state index contributed by atoms with van der Waals surface area (Å²) in [4.78, 5) is 23.5. The Hall–Kier alpha value is -3.46. The fourth-order valence-corrected chi connectivity index (χ4v) is 3.74. The third-order valence-electron chi connectivity index (χ3n) is 5.18. The minimum Gasteiger partial charge on any atom is -0.338 e. The fourth-order valence-electron chi connectivity index (χ4n) is 3.74. The summed E-state index contributed by atoms with van der Waals surface area (Å²) in [5, 5.41) is 8.93. The predicted molar refractivity (Wildman–Crippen MR) is 105 cm³/mol. The number of nitrogens with zero attached hydrogens (tertiary/aromatic N) is 5. The van der Waals surface area contributed by atoms with Crippen LogP contribution in [0.4, 0.5) is 0 Å². The summed E-state index contributed by atoms with van der Waals surface area (Å²) in [7, 11) is 0. The summed E-state index contributed by atoms with van der Waals surface area (Å²) < 4.78 is 2.16. The van der Waals surface area contributed by atoms with Crippen molar-refractivity contribution in [1.29, 1.82) is 5.26 Å². The van der Waals surface area contributed by atoms with Gasteiger partial charge in [-0.3, -0.25) is 9.78 Å². The molecule has 0 spiro atoms. The van der Waals surface area contributed by atoms with Crippen LogP contribution in [-0.2, 0) is 6.54 Å². The van der Waals surface area contributed by atoms with Crippen molar-refractivity contribution in [2.24, 2.45) is 0 Å². The number of carbonyl (C=O) groups excluding carboxylic acids is 1. The van der Waals surface area contributed by atoms with Crippen LogP contribution in [0.3, 0.4) is 0 Å². The van der Waals surface area contributed by atoms with Gasteiger partial charge in [0.2, 0.25) is 0 Å². The van der Waals surface area contributed by atoms with Crippen LogP contribution in [0.25, 0.3) is 0 Å². The SMILES string of the molecule is N#Cc1ccc(C(=O)N2CCCC(c3nccn3Cc3ccncc3)C2)cc1. The lowest BCUT2D eigenvalue weighted by Crippen LogP contribution is -2.39. The largest absolute Gasteiger partial charge is 0.338 e. The highest BCUT2D eigenvalue weighted by molar-refractivity contribution is 5.94. The minimum absolute atomic E-state index is 0.0152. The van der Waals surface area contributed by atoms with E-state index in [1.54, 1.807) is 36.7 Å². The van der Waals surface area contributed by atoms with Crippen molar-refractivity contribution in [2.75, 3.05) is 13.1 Å². The topological polar surface area (TPSA) is 74.8 Å². The predicted octanol–water partition coefficient (Wildman–Crippen LogP) is 3.22. The van der Waals surface area contributed by atoms with Gasteiger partial charge in [-0.05, 0) is 54.8 Å². The molecule has 0 bridgehead atoms. The van der Waals surface area contributed by atoms with Crippen LogP contribution in [0.2, 0.25) is 0 Å². The van der Waals surface area contributed by atoms with Crippen LogP contribution in [0.5, 0.6) is 0 Å². The second-order valence-corrected chi connectivity index (χ2v) is 7.05. The summed E-state index contributed by atoms with van der Waals surface area (Å²) in [6, 6.07) is 12.9. The first-order chi connectivity index (χ1) is 13.7. The number of nitriles is 1. The van der Waals surface area contributed by atoms with Gasteiger partial charge >= 0.3 is 0 Å². The maximum atomic E-state index is 12.9. The zero-order chi connectivity index (χ0) is 19.3. The Labute approximate surface area is 164 Å². The number of likely N-dealkylation sites (tertiary alicyclic amines) is 1. The number of piperidine rings is 1. The van der Waals surface area contributed by atoms with Crippen LogP contribution in [-0.4, -0.2) is 38.4 Å². The lowest BCUT2D eigenvalue weighted by Gasteiger charge is -2.32. The number of amides is 1. The van der Waals surface area contributed by atoms with Gasteiger partial charge in [0, 0.05) is 55.9 Å². The fraction of sp³-hybridized carbons (Fsp3) is 0.273. The van der Waals surface area contributed by atoms with E-state index in [1.807, 2.05) is 29.4 Å². The average molecular weight is 371 g/mol. The van der Waals surface area contributed by atoms with Gasteiger partial charge in [0.15, 0.2) is 0 Å². The van der Waals surface area contributed by atoms with Crippen LogP contribution in [0, 0.1) is 11.3 Å². The van der Waals surface area contributed by atoms with E-state index in [9.17, 15) is 4.79 Å². The smallest absolute Gasteiger partial charge is 0.253 e. The van der Waals surface area contributed by atoms with Crippen LogP contribution >= 0.6 is 0 Å². The van der Waals surface area contributed by atoms with E-state index in [0.29, 0.717) is 17.7 Å². The quantitative estimate of drug-likeness (QED) is 0.706. The molecule has 3 heterocycles. The van der Waals surface area contributed by atoms with Crippen LogP contribution < -0.4 is 0 Å². The van der Waals surface area contributed by atoms with Gasteiger partial charge in [0.1, 0.15) is 5.82 Å². The van der Waals surface area contributed by atoms with E-state index in [2.05, 4.69) is 20.6 Å². The number of benzene rings is 1. The number of imidazole rings is 1. The van der Waals surface area contributed by atoms with Crippen molar-refractivity contribution >= 4 is 5.91 Å². The first kappa shape index (κ1) is 17.9. The van der Waals surface area contributed by atoms with Gasteiger partial charge in [-0.15, -0.1) is 0 Å².